The molecular formula is C43H64N2O12+2. The van der Waals surface area contributed by atoms with Gasteiger partial charge in [-0.2, -0.15) is 0 Å². The fraction of sp³-hybridized carbons (Fsp3) is 0.628. The van der Waals surface area contributed by atoms with Crippen molar-refractivity contribution >= 4 is 23.9 Å². The van der Waals surface area contributed by atoms with Crippen LogP contribution in [0.25, 0.3) is 0 Å². The van der Waals surface area contributed by atoms with E-state index in [0.29, 0.717) is 97.0 Å². The average molecular weight is 801 g/mol. The Bertz CT molecular complexity index is 1520. The van der Waals surface area contributed by atoms with Crippen molar-refractivity contribution in [2.75, 3.05) is 95.0 Å². The van der Waals surface area contributed by atoms with Gasteiger partial charge < -0.3 is 46.9 Å². The Labute approximate surface area is 337 Å². The zero-order chi connectivity index (χ0) is 41.3. The van der Waals surface area contributed by atoms with Crippen molar-refractivity contribution in [2.24, 2.45) is 0 Å². The van der Waals surface area contributed by atoms with Gasteiger partial charge in [0.1, 0.15) is 13.1 Å². The zero-order valence-electron chi connectivity index (χ0n) is 34.8. The third-order valence-electron chi connectivity index (χ3n) is 11.0. The minimum atomic E-state index is -0.290. The highest BCUT2D eigenvalue weighted by molar-refractivity contribution is 5.74. The molecule has 14 nitrogen and oxygen atoms in total. The molecule has 0 saturated carbocycles. The van der Waals surface area contributed by atoms with Crippen molar-refractivity contribution in [3.8, 4) is 23.0 Å². The smallest absolute Gasteiger partial charge is 0.311 e. The highest BCUT2D eigenvalue weighted by atomic mass is 16.6. The number of methoxy groups -OCH3 is 4. The van der Waals surface area contributed by atoms with E-state index < -0.39 is 0 Å². The van der Waals surface area contributed by atoms with E-state index in [9.17, 15) is 19.2 Å². The Morgan fingerprint density at radius 1 is 0.561 bits per heavy atom. The van der Waals surface area contributed by atoms with E-state index in [0.717, 1.165) is 56.3 Å². The summed E-state index contributed by atoms with van der Waals surface area (Å²) >= 11 is 0. The maximum atomic E-state index is 12.7. The number of likely N-dealkylation sites (N-methyl/N-ethyl adjacent to an activating group) is 2. The standard InChI is InChI=1S/C43H64N2O12/c1-44(20-10-12-34(30-44)56-42(48)28-32-14-16-36(50-3)38(26-32)52-5)22-18-40(46)54-24-8-7-9-25-55-41(47)19-23-45(2)21-11-13-35(31-45)57-43(49)29-33-15-17-37(51-4)39(27-33)53-6/h14-17,26-27,34-35H,7-13,18-25,28-31H2,1-6H3/q+2. The molecule has 0 aliphatic carbocycles. The molecule has 4 rings (SSSR count). The fourth-order valence-corrected chi connectivity index (χ4v) is 7.74. The lowest BCUT2D eigenvalue weighted by molar-refractivity contribution is -0.916. The summed E-state index contributed by atoms with van der Waals surface area (Å²) in [6.45, 7) is 5.00. The van der Waals surface area contributed by atoms with Gasteiger partial charge in [-0.25, -0.2) is 0 Å². The maximum Gasteiger partial charge on any atom is 0.311 e. The summed E-state index contributed by atoms with van der Waals surface area (Å²) in [4.78, 5) is 50.6. The lowest BCUT2D eigenvalue weighted by Crippen LogP contribution is -2.54. The molecular weight excluding hydrogens is 736 g/mol. The highest BCUT2D eigenvalue weighted by Crippen LogP contribution is 2.29. The van der Waals surface area contributed by atoms with Crippen LogP contribution >= 0.6 is 0 Å². The van der Waals surface area contributed by atoms with E-state index in [1.165, 1.54) is 0 Å². The summed E-state index contributed by atoms with van der Waals surface area (Å²) in [6, 6.07) is 10.8. The Morgan fingerprint density at radius 3 is 1.35 bits per heavy atom. The second-order valence-electron chi connectivity index (χ2n) is 15.7. The average Bonchev–Trinajstić information content (AvgIpc) is 3.18. The number of hydrogen-bond donors (Lipinski definition) is 0. The fourth-order valence-electron chi connectivity index (χ4n) is 7.74. The van der Waals surface area contributed by atoms with Gasteiger partial charge in [-0.05, 0) is 67.5 Å². The normalized spacial score (nSPS) is 21.8. The number of benzene rings is 2. The van der Waals surface area contributed by atoms with Crippen LogP contribution in [-0.4, -0.2) is 140 Å². The van der Waals surface area contributed by atoms with Crippen molar-refractivity contribution in [2.45, 2.75) is 82.8 Å². The topological polar surface area (TPSA) is 142 Å². The van der Waals surface area contributed by atoms with E-state index in [2.05, 4.69) is 14.1 Å². The lowest BCUT2D eigenvalue weighted by atomic mass is 10.0. The van der Waals surface area contributed by atoms with E-state index in [1.807, 2.05) is 12.1 Å². The van der Waals surface area contributed by atoms with Crippen molar-refractivity contribution < 1.29 is 66.0 Å². The molecule has 0 bridgehead atoms. The summed E-state index contributed by atoms with van der Waals surface area (Å²) in [5, 5.41) is 0. The highest BCUT2D eigenvalue weighted by Gasteiger charge is 2.35. The Balaban J connectivity index is 1.04. The molecule has 57 heavy (non-hydrogen) atoms. The first-order valence-corrected chi connectivity index (χ1v) is 20.2. The molecule has 2 fully saturated rings. The van der Waals surface area contributed by atoms with E-state index in [4.69, 9.17) is 37.9 Å². The van der Waals surface area contributed by atoms with Gasteiger partial charge in [-0.1, -0.05) is 12.1 Å². The summed E-state index contributed by atoms with van der Waals surface area (Å²) < 4.78 is 45.2. The van der Waals surface area contributed by atoms with Gasteiger partial charge in [-0.15, -0.1) is 0 Å². The molecule has 0 radical (unpaired) electrons. The van der Waals surface area contributed by atoms with Gasteiger partial charge in [0.05, 0.1) is 108 Å². The van der Waals surface area contributed by atoms with E-state index in [-0.39, 0.29) is 48.9 Å². The monoisotopic (exact) mass is 800 g/mol. The number of likely N-dealkylation sites (tertiary alicyclic amines) is 2. The number of piperidine rings is 2. The number of esters is 4. The minimum absolute atomic E-state index is 0.140. The number of ether oxygens (including phenoxy) is 8. The molecule has 316 valence electrons. The van der Waals surface area contributed by atoms with Crippen LogP contribution in [0.1, 0.15) is 68.9 Å². The predicted molar refractivity (Wildman–Crippen MR) is 211 cm³/mol. The predicted octanol–water partition coefficient (Wildman–Crippen LogP) is 4.85. The van der Waals surface area contributed by atoms with Gasteiger partial charge in [0.15, 0.2) is 35.2 Å². The first-order chi connectivity index (χ1) is 27.4. The molecule has 0 N–H and O–H groups in total. The van der Waals surface area contributed by atoms with Crippen LogP contribution in [0, 0.1) is 0 Å². The number of carbonyl (C=O) groups excluding carboxylic acids is 4. The third kappa shape index (κ3) is 15.0. The van der Waals surface area contributed by atoms with Crippen molar-refractivity contribution in [1.29, 1.82) is 0 Å². The molecule has 0 amide bonds. The summed E-state index contributed by atoms with van der Waals surface area (Å²) in [7, 11) is 10.4. The summed E-state index contributed by atoms with van der Waals surface area (Å²) in [6.07, 6.45) is 6.01. The summed E-state index contributed by atoms with van der Waals surface area (Å²) in [5.74, 6) is 1.28. The first-order valence-electron chi connectivity index (χ1n) is 20.2. The third-order valence-corrected chi connectivity index (χ3v) is 11.0. The van der Waals surface area contributed by atoms with Crippen LogP contribution in [-0.2, 0) is 51.0 Å². The number of rotatable bonds is 22. The van der Waals surface area contributed by atoms with Gasteiger partial charge in [0.2, 0.25) is 0 Å². The quantitative estimate of drug-likeness (QED) is 0.0696. The Hall–Kier alpha value is -4.56. The molecule has 2 aliphatic rings. The maximum absolute atomic E-state index is 12.7. The summed E-state index contributed by atoms with van der Waals surface area (Å²) in [5.41, 5.74) is 1.57. The SMILES string of the molecule is COc1ccc(CC(=O)OC2CCC[N+](C)(CCC(=O)OCCCCCOC(=O)CC[N+]3(C)CCCC(OC(=O)Cc4ccc(OC)c(OC)c4)C3)C2)cc1OC. The molecule has 4 unspecified atom stereocenters. The van der Waals surface area contributed by atoms with Crippen molar-refractivity contribution in [3.05, 3.63) is 47.5 Å². The van der Waals surface area contributed by atoms with Crippen LogP contribution in [0.3, 0.4) is 0 Å². The number of unbranched alkanes of at least 4 members (excludes halogenated alkanes) is 2. The van der Waals surface area contributed by atoms with Crippen LogP contribution < -0.4 is 18.9 Å². The Kier molecular flexibility index (Phi) is 17.7. The number of hydrogen-bond acceptors (Lipinski definition) is 12. The van der Waals surface area contributed by atoms with Crippen LogP contribution in [0.4, 0.5) is 0 Å². The van der Waals surface area contributed by atoms with Gasteiger partial charge in [0, 0.05) is 12.8 Å². The largest absolute Gasteiger partial charge is 0.493 e. The number of quaternary nitrogens is 2. The molecule has 2 heterocycles. The molecule has 2 aliphatic heterocycles. The second kappa shape index (κ2) is 22.4. The van der Waals surface area contributed by atoms with Gasteiger partial charge in [-0.3, -0.25) is 19.2 Å². The van der Waals surface area contributed by atoms with Crippen molar-refractivity contribution in [1.82, 2.24) is 0 Å². The van der Waals surface area contributed by atoms with Crippen LogP contribution in [0.5, 0.6) is 23.0 Å². The lowest BCUT2D eigenvalue weighted by Gasteiger charge is -2.40. The molecule has 2 saturated heterocycles. The van der Waals surface area contributed by atoms with Crippen molar-refractivity contribution in [3.63, 3.8) is 0 Å². The van der Waals surface area contributed by atoms with Crippen LogP contribution in [0.2, 0.25) is 0 Å². The van der Waals surface area contributed by atoms with Gasteiger partial charge >= 0.3 is 23.9 Å². The molecule has 0 spiro atoms. The molecule has 2 aromatic carbocycles. The Morgan fingerprint density at radius 2 is 0.965 bits per heavy atom. The van der Waals surface area contributed by atoms with E-state index >= 15 is 0 Å². The number of nitrogens with zero attached hydrogens (tertiary/aromatic N) is 2. The van der Waals surface area contributed by atoms with E-state index in [1.54, 1.807) is 52.7 Å². The van der Waals surface area contributed by atoms with Gasteiger partial charge in [0.25, 0.3) is 0 Å². The molecule has 4 atom stereocenters. The number of carbonyl (C=O) groups is 4. The molecule has 0 aromatic heterocycles. The zero-order valence-corrected chi connectivity index (χ0v) is 34.8. The second-order valence-corrected chi connectivity index (χ2v) is 15.7. The molecule has 14 heteroatoms. The molecule has 2 aromatic rings. The first kappa shape index (κ1) is 45.1. The minimum Gasteiger partial charge on any atom is -0.493 e. The van der Waals surface area contributed by atoms with Crippen LogP contribution in [0.15, 0.2) is 36.4 Å².